The van der Waals surface area contributed by atoms with Crippen LogP contribution >= 0.6 is 11.6 Å². The van der Waals surface area contributed by atoms with Gasteiger partial charge in [-0.3, -0.25) is 4.68 Å². The van der Waals surface area contributed by atoms with Crippen molar-refractivity contribution in [3.8, 4) is 11.5 Å². The Morgan fingerprint density at radius 3 is 3.05 bits per heavy atom. The molecule has 1 unspecified atom stereocenters. The fourth-order valence-electron chi connectivity index (χ4n) is 2.39. The molecule has 0 aliphatic carbocycles. The smallest absolute Gasteiger partial charge is 0.131 e. The van der Waals surface area contributed by atoms with E-state index in [2.05, 4.69) is 5.10 Å². The van der Waals surface area contributed by atoms with Crippen molar-refractivity contribution < 1.29 is 14.6 Å². The molecule has 1 aromatic heterocycles. The maximum Gasteiger partial charge on any atom is 0.131 e. The molecule has 0 radical (unpaired) electrons. The summed E-state index contributed by atoms with van der Waals surface area (Å²) >= 11 is 6.29. The number of benzene rings is 1. The summed E-state index contributed by atoms with van der Waals surface area (Å²) in [7, 11) is 1.85. The van der Waals surface area contributed by atoms with Gasteiger partial charge in [0.1, 0.15) is 30.8 Å². The van der Waals surface area contributed by atoms with Crippen LogP contribution in [0.3, 0.4) is 0 Å². The van der Waals surface area contributed by atoms with Crippen molar-refractivity contribution in [3.63, 3.8) is 0 Å². The number of hydrogen-bond acceptors (Lipinski definition) is 4. The molecular weight excluding hydrogens is 292 g/mol. The number of hydrogen-bond donors (Lipinski definition) is 1. The first-order valence-electron chi connectivity index (χ1n) is 6.88. The molecule has 0 bridgehead atoms. The molecule has 112 valence electrons. The lowest BCUT2D eigenvalue weighted by molar-refractivity contribution is 0.140. The van der Waals surface area contributed by atoms with Gasteiger partial charge in [0.05, 0.1) is 16.4 Å². The monoisotopic (exact) mass is 308 g/mol. The Morgan fingerprint density at radius 1 is 1.52 bits per heavy atom. The van der Waals surface area contributed by atoms with Crippen LogP contribution in [0.4, 0.5) is 0 Å². The number of fused-ring (bicyclic) bond motifs is 1. The number of rotatable bonds is 4. The lowest BCUT2D eigenvalue weighted by atomic mass is 10.1. The number of aromatic nitrogens is 2. The summed E-state index contributed by atoms with van der Waals surface area (Å²) in [6.45, 7) is 2.65. The van der Waals surface area contributed by atoms with E-state index in [0.717, 1.165) is 23.4 Å². The van der Waals surface area contributed by atoms with Crippen LogP contribution in [0.5, 0.6) is 11.5 Å². The second kappa shape index (κ2) is 5.58. The quantitative estimate of drug-likeness (QED) is 0.943. The normalized spacial score (nSPS) is 16.7. The molecule has 5 nitrogen and oxygen atoms in total. The van der Waals surface area contributed by atoms with Crippen molar-refractivity contribution in [2.75, 3.05) is 6.61 Å². The van der Waals surface area contributed by atoms with Crippen molar-refractivity contribution >= 4 is 11.6 Å². The van der Waals surface area contributed by atoms with E-state index in [-0.39, 0.29) is 0 Å². The SMILES string of the molecule is CCc1nn(C)c(COc2ccc3c(c2)OCC3O)c1Cl. The summed E-state index contributed by atoms with van der Waals surface area (Å²) < 4.78 is 12.9. The van der Waals surface area contributed by atoms with E-state index in [4.69, 9.17) is 21.1 Å². The van der Waals surface area contributed by atoms with Gasteiger partial charge in [0.25, 0.3) is 0 Å². The van der Waals surface area contributed by atoms with Crippen molar-refractivity contribution in [2.24, 2.45) is 7.05 Å². The van der Waals surface area contributed by atoms with E-state index in [0.29, 0.717) is 29.7 Å². The summed E-state index contributed by atoms with van der Waals surface area (Å²) in [6.07, 6.45) is 0.240. The zero-order valence-electron chi connectivity index (χ0n) is 12.0. The molecular formula is C15H17ClN2O3. The highest BCUT2D eigenvalue weighted by molar-refractivity contribution is 6.31. The minimum Gasteiger partial charge on any atom is -0.490 e. The van der Waals surface area contributed by atoms with Gasteiger partial charge in [-0.25, -0.2) is 0 Å². The van der Waals surface area contributed by atoms with Gasteiger partial charge < -0.3 is 14.6 Å². The zero-order chi connectivity index (χ0) is 15.0. The first-order valence-corrected chi connectivity index (χ1v) is 7.25. The van der Waals surface area contributed by atoms with Crippen molar-refractivity contribution in [3.05, 3.63) is 40.2 Å². The standard InChI is InChI=1S/C15H17ClN2O3/c1-3-11-15(16)12(18(2)17-11)7-20-9-4-5-10-13(19)8-21-14(10)6-9/h4-6,13,19H,3,7-8H2,1-2H3. The predicted octanol–water partition coefficient (Wildman–Crippen LogP) is 2.64. The molecule has 3 rings (SSSR count). The van der Waals surface area contributed by atoms with Crippen LogP contribution in [0.15, 0.2) is 18.2 Å². The Balaban J connectivity index is 1.75. The number of aliphatic hydroxyl groups is 1. The van der Waals surface area contributed by atoms with Gasteiger partial charge in [0, 0.05) is 18.7 Å². The van der Waals surface area contributed by atoms with Crippen molar-refractivity contribution in [1.29, 1.82) is 0 Å². The van der Waals surface area contributed by atoms with E-state index >= 15 is 0 Å². The van der Waals surface area contributed by atoms with Gasteiger partial charge in [-0.05, 0) is 18.6 Å². The largest absolute Gasteiger partial charge is 0.490 e. The second-order valence-corrected chi connectivity index (χ2v) is 5.38. The maximum absolute atomic E-state index is 9.69. The second-order valence-electron chi connectivity index (χ2n) is 5.00. The van der Waals surface area contributed by atoms with Gasteiger partial charge >= 0.3 is 0 Å². The van der Waals surface area contributed by atoms with Crippen LogP contribution in [-0.2, 0) is 20.1 Å². The van der Waals surface area contributed by atoms with Gasteiger partial charge in [0.15, 0.2) is 0 Å². The minimum atomic E-state index is -0.548. The molecule has 0 spiro atoms. The van der Waals surface area contributed by atoms with Gasteiger partial charge in [-0.2, -0.15) is 5.10 Å². The molecule has 2 aromatic rings. The first-order chi connectivity index (χ1) is 10.1. The minimum absolute atomic E-state index is 0.298. The molecule has 0 saturated heterocycles. The van der Waals surface area contributed by atoms with Crippen LogP contribution in [0.2, 0.25) is 5.02 Å². The Bertz CT molecular complexity index is 669. The van der Waals surface area contributed by atoms with E-state index in [1.807, 2.05) is 26.1 Å². The topological polar surface area (TPSA) is 56.5 Å². The van der Waals surface area contributed by atoms with Crippen LogP contribution in [-0.4, -0.2) is 21.5 Å². The number of ether oxygens (including phenoxy) is 2. The fraction of sp³-hybridized carbons (Fsp3) is 0.400. The Hall–Kier alpha value is -1.72. The highest BCUT2D eigenvalue weighted by Crippen LogP contribution is 2.35. The molecule has 0 fully saturated rings. The number of halogens is 1. The molecule has 0 saturated carbocycles. The van der Waals surface area contributed by atoms with Gasteiger partial charge in [0.2, 0.25) is 0 Å². The number of aryl methyl sites for hydroxylation is 2. The van der Waals surface area contributed by atoms with Crippen LogP contribution in [0.25, 0.3) is 0 Å². The number of aliphatic hydroxyl groups excluding tert-OH is 1. The third-order valence-corrected chi connectivity index (χ3v) is 4.06. The summed E-state index contributed by atoms with van der Waals surface area (Å²) in [5.74, 6) is 1.35. The maximum atomic E-state index is 9.69. The lowest BCUT2D eigenvalue weighted by Gasteiger charge is -2.08. The average molecular weight is 309 g/mol. The molecule has 2 heterocycles. The Morgan fingerprint density at radius 2 is 2.33 bits per heavy atom. The molecule has 21 heavy (non-hydrogen) atoms. The third kappa shape index (κ3) is 2.59. The molecule has 1 atom stereocenters. The Labute approximate surface area is 128 Å². The Kier molecular flexibility index (Phi) is 3.78. The summed E-state index contributed by atoms with van der Waals surface area (Å²) in [5.41, 5.74) is 2.52. The molecule has 1 aliphatic heterocycles. The molecule has 1 aromatic carbocycles. The zero-order valence-corrected chi connectivity index (χ0v) is 12.7. The van der Waals surface area contributed by atoms with E-state index in [9.17, 15) is 5.11 Å². The fourth-order valence-corrected chi connectivity index (χ4v) is 2.74. The molecule has 6 heteroatoms. The van der Waals surface area contributed by atoms with E-state index < -0.39 is 6.10 Å². The van der Waals surface area contributed by atoms with Crippen LogP contribution in [0.1, 0.15) is 30.0 Å². The van der Waals surface area contributed by atoms with Gasteiger partial charge in [-0.15, -0.1) is 0 Å². The first kappa shape index (κ1) is 14.2. The summed E-state index contributed by atoms with van der Waals surface area (Å²) in [5, 5.41) is 14.7. The summed E-state index contributed by atoms with van der Waals surface area (Å²) in [6, 6.07) is 5.43. The molecule has 1 aliphatic rings. The van der Waals surface area contributed by atoms with Gasteiger partial charge in [-0.1, -0.05) is 18.5 Å². The lowest BCUT2D eigenvalue weighted by Crippen LogP contribution is -2.03. The highest BCUT2D eigenvalue weighted by Gasteiger charge is 2.22. The highest BCUT2D eigenvalue weighted by atomic mass is 35.5. The van der Waals surface area contributed by atoms with Crippen molar-refractivity contribution in [2.45, 2.75) is 26.1 Å². The number of nitrogens with zero attached hydrogens (tertiary/aromatic N) is 2. The average Bonchev–Trinajstić information content (AvgIpc) is 2.98. The van der Waals surface area contributed by atoms with Crippen LogP contribution < -0.4 is 9.47 Å². The van der Waals surface area contributed by atoms with Crippen LogP contribution in [0, 0.1) is 0 Å². The van der Waals surface area contributed by atoms with E-state index in [1.54, 1.807) is 10.7 Å². The predicted molar refractivity (Wildman–Crippen MR) is 78.8 cm³/mol. The molecule has 0 amide bonds. The summed E-state index contributed by atoms with van der Waals surface area (Å²) in [4.78, 5) is 0. The van der Waals surface area contributed by atoms with E-state index in [1.165, 1.54) is 0 Å². The third-order valence-electron chi connectivity index (χ3n) is 3.62. The van der Waals surface area contributed by atoms with Crippen molar-refractivity contribution in [1.82, 2.24) is 9.78 Å². The molecule has 1 N–H and O–H groups in total.